The maximum Gasteiger partial charge on any atom is 0.126 e. The molecule has 0 aromatic heterocycles. The lowest BCUT2D eigenvalue weighted by Gasteiger charge is -2.11. The Hall–Kier alpha value is -0.890. The molecule has 0 unspecified atom stereocenters. The fraction of sp³-hybridized carbons (Fsp3) is 0.455. The molecule has 2 N–H and O–H groups in total. The predicted octanol–water partition coefficient (Wildman–Crippen LogP) is 2.93. The molecular weight excluding hydrogens is 165 g/mol. The lowest BCUT2D eigenvalue weighted by atomic mass is 10.0. The van der Waals surface area contributed by atoms with Crippen LogP contribution in [0.2, 0.25) is 0 Å². The van der Waals surface area contributed by atoms with Gasteiger partial charge in [-0.2, -0.15) is 0 Å². The molecule has 0 amide bonds. The van der Waals surface area contributed by atoms with Crippen molar-refractivity contribution in [2.45, 2.75) is 32.7 Å². The number of halogens is 1. The van der Waals surface area contributed by atoms with Crippen LogP contribution in [0.4, 0.5) is 4.39 Å². The highest BCUT2D eigenvalue weighted by Crippen LogP contribution is 2.18. The Balaban J connectivity index is 2.84. The average molecular weight is 181 g/mol. The van der Waals surface area contributed by atoms with E-state index in [9.17, 15) is 4.39 Å². The van der Waals surface area contributed by atoms with Gasteiger partial charge in [-0.1, -0.05) is 25.5 Å². The summed E-state index contributed by atoms with van der Waals surface area (Å²) in [7, 11) is 0. The lowest BCUT2D eigenvalue weighted by molar-refractivity contribution is 0.599. The Morgan fingerprint density at radius 1 is 1.46 bits per heavy atom. The molecule has 0 spiro atoms. The first-order valence-corrected chi connectivity index (χ1v) is 4.66. The first-order valence-electron chi connectivity index (χ1n) is 4.66. The van der Waals surface area contributed by atoms with E-state index in [1.54, 1.807) is 13.0 Å². The summed E-state index contributed by atoms with van der Waals surface area (Å²) in [5.41, 5.74) is 7.42. The maximum atomic E-state index is 13.1. The Morgan fingerprint density at radius 2 is 2.15 bits per heavy atom. The van der Waals surface area contributed by atoms with Crippen molar-refractivity contribution in [3.63, 3.8) is 0 Å². The summed E-state index contributed by atoms with van der Waals surface area (Å²) in [6, 6.07) is 5.19. The van der Waals surface area contributed by atoms with Crippen molar-refractivity contribution in [2.24, 2.45) is 5.73 Å². The highest BCUT2D eigenvalue weighted by Gasteiger charge is 2.06. The molecule has 0 saturated heterocycles. The van der Waals surface area contributed by atoms with Crippen molar-refractivity contribution in [2.75, 3.05) is 0 Å². The van der Waals surface area contributed by atoms with Crippen molar-refractivity contribution in [3.05, 3.63) is 35.1 Å². The van der Waals surface area contributed by atoms with E-state index < -0.39 is 0 Å². The fourth-order valence-electron chi connectivity index (χ4n) is 1.32. The zero-order chi connectivity index (χ0) is 9.84. The third kappa shape index (κ3) is 2.52. The van der Waals surface area contributed by atoms with E-state index in [1.165, 1.54) is 6.07 Å². The van der Waals surface area contributed by atoms with Gasteiger partial charge in [-0.25, -0.2) is 4.39 Å². The minimum Gasteiger partial charge on any atom is -0.324 e. The van der Waals surface area contributed by atoms with Crippen LogP contribution in [0, 0.1) is 12.7 Å². The third-order valence-corrected chi connectivity index (χ3v) is 2.22. The summed E-state index contributed by atoms with van der Waals surface area (Å²) >= 11 is 0. The third-order valence-electron chi connectivity index (χ3n) is 2.22. The minimum atomic E-state index is -0.163. The second-order valence-electron chi connectivity index (χ2n) is 3.40. The Kier molecular flexibility index (Phi) is 3.43. The SMILES string of the molecule is CCC[C@@H](N)c1ccc(C)c(F)c1. The van der Waals surface area contributed by atoms with Crippen molar-refractivity contribution in [1.29, 1.82) is 0 Å². The summed E-state index contributed by atoms with van der Waals surface area (Å²) in [5, 5.41) is 0. The van der Waals surface area contributed by atoms with Gasteiger partial charge in [-0.15, -0.1) is 0 Å². The van der Waals surface area contributed by atoms with E-state index in [2.05, 4.69) is 6.92 Å². The topological polar surface area (TPSA) is 26.0 Å². The second-order valence-corrected chi connectivity index (χ2v) is 3.40. The zero-order valence-electron chi connectivity index (χ0n) is 8.18. The van der Waals surface area contributed by atoms with Crippen LogP contribution in [-0.4, -0.2) is 0 Å². The molecule has 72 valence electrons. The molecule has 0 bridgehead atoms. The van der Waals surface area contributed by atoms with Gasteiger partial charge in [-0.05, 0) is 30.5 Å². The molecule has 0 aliphatic rings. The van der Waals surface area contributed by atoms with E-state index in [4.69, 9.17) is 5.73 Å². The van der Waals surface area contributed by atoms with Gasteiger partial charge in [0.25, 0.3) is 0 Å². The van der Waals surface area contributed by atoms with Gasteiger partial charge in [0.1, 0.15) is 5.82 Å². The van der Waals surface area contributed by atoms with Crippen molar-refractivity contribution in [3.8, 4) is 0 Å². The molecule has 1 nitrogen and oxygen atoms in total. The molecule has 0 aliphatic heterocycles. The Morgan fingerprint density at radius 3 is 2.69 bits per heavy atom. The summed E-state index contributed by atoms with van der Waals surface area (Å²) in [5.74, 6) is -0.163. The molecule has 2 heteroatoms. The van der Waals surface area contributed by atoms with E-state index >= 15 is 0 Å². The van der Waals surface area contributed by atoms with Crippen LogP contribution < -0.4 is 5.73 Å². The summed E-state index contributed by atoms with van der Waals surface area (Å²) in [4.78, 5) is 0. The first kappa shape index (κ1) is 10.2. The zero-order valence-corrected chi connectivity index (χ0v) is 8.18. The van der Waals surface area contributed by atoms with Crippen LogP contribution in [0.15, 0.2) is 18.2 Å². The van der Waals surface area contributed by atoms with Gasteiger partial charge >= 0.3 is 0 Å². The van der Waals surface area contributed by atoms with Crippen molar-refractivity contribution >= 4 is 0 Å². The molecule has 0 aliphatic carbocycles. The molecule has 0 fully saturated rings. The minimum absolute atomic E-state index is 0.0277. The molecule has 1 atom stereocenters. The number of benzene rings is 1. The summed E-state index contributed by atoms with van der Waals surface area (Å²) < 4.78 is 13.1. The van der Waals surface area contributed by atoms with Gasteiger partial charge in [0.05, 0.1) is 0 Å². The largest absolute Gasteiger partial charge is 0.324 e. The number of aryl methyl sites for hydroxylation is 1. The van der Waals surface area contributed by atoms with E-state index in [-0.39, 0.29) is 11.9 Å². The van der Waals surface area contributed by atoms with Crippen LogP contribution in [-0.2, 0) is 0 Å². The van der Waals surface area contributed by atoms with Gasteiger partial charge in [-0.3, -0.25) is 0 Å². The maximum absolute atomic E-state index is 13.1. The summed E-state index contributed by atoms with van der Waals surface area (Å²) in [6.07, 6.45) is 1.93. The number of rotatable bonds is 3. The number of nitrogens with two attached hydrogens (primary N) is 1. The second kappa shape index (κ2) is 4.38. The molecule has 1 aromatic carbocycles. The van der Waals surface area contributed by atoms with Crippen LogP contribution in [0.1, 0.15) is 36.9 Å². The smallest absolute Gasteiger partial charge is 0.126 e. The standard InChI is InChI=1S/C11H16FN/c1-3-4-11(13)9-6-5-8(2)10(12)7-9/h5-7,11H,3-4,13H2,1-2H3/t11-/m1/s1. The average Bonchev–Trinajstić information content (AvgIpc) is 2.10. The van der Waals surface area contributed by atoms with Gasteiger partial charge in [0.2, 0.25) is 0 Å². The summed E-state index contributed by atoms with van der Waals surface area (Å²) in [6.45, 7) is 3.83. The van der Waals surface area contributed by atoms with Gasteiger partial charge in [0.15, 0.2) is 0 Å². The monoisotopic (exact) mass is 181 g/mol. The van der Waals surface area contributed by atoms with Gasteiger partial charge < -0.3 is 5.73 Å². The molecular formula is C11H16FN. The van der Waals surface area contributed by atoms with Crippen LogP contribution in [0.3, 0.4) is 0 Å². The van der Waals surface area contributed by atoms with Crippen LogP contribution in [0.25, 0.3) is 0 Å². The van der Waals surface area contributed by atoms with Gasteiger partial charge in [0, 0.05) is 6.04 Å². The molecule has 0 heterocycles. The molecule has 13 heavy (non-hydrogen) atoms. The highest BCUT2D eigenvalue weighted by atomic mass is 19.1. The molecule has 1 aromatic rings. The van der Waals surface area contributed by atoms with E-state index in [0.29, 0.717) is 5.56 Å². The van der Waals surface area contributed by atoms with Crippen molar-refractivity contribution < 1.29 is 4.39 Å². The highest BCUT2D eigenvalue weighted by molar-refractivity contribution is 5.25. The fourth-order valence-corrected chi connectivity index (χ4v) is 1.32. The van der Waals surface area contributed by atoms with Crippen molar-refractivity contribution in [1.82, 2.24) is 0 Å². The quantitative estimate of drug-likeness (QED) is 0.762. The van der Waals surface area contributed by atoms with Crippen LogP contribution >= 0.6 is 0 Å². The Labute approximate surface area is 78.8 Å². The predicted molar refractivity (Wildman–Crippen MR) is 53.0 cm³/mol. The number of hydrogen-bond acceptors (Lipinski definition) is 1. The lowest BCUT2D eigenvalue weighted by Crippen LogP contribution is -2.10. The molecule has 0 saturated carbocycles. The first-order chi connectivity index (χ1) is 6.15. The number of hydrogen-bond donors (Lipinski definition) is 1. The molecule has 1 rings (SSSR count). The molecule has 0 radical (unpaired) electrons. The van der Waals surface area contributed by atoms with E-state index in [0.717, 1.165) is 18.4 Å². The normalized spacial score (nSPS) is 12.9. The van der Waals surface area contributed by atoms with E-state index in [1.807, 2.05) is 6.07 Å². The Bertz CT molecular complexity index is 283. The van der Waals surface area contributed by atoms with Crippen LogP contribution in [0.5, 0.6) is 0 Å².